The monoisotopic (exact) mass is 517 g/mol. The quantitative estimate of drug-likeness (QED) is 0.473. The van der Waals surface area contributed by atoms with E-state index in [-0.39, 0.29) is 27.3 Å². The van der Waals surface area contributed by atoms with Gasteiger partial charge in [0.2, 0.25) is 0 Å². The first kappa shape index (κ1) is 25.2. The largest absolute Gasteiger partial charge is 0.480 e. The van der Waals surface area contributed by atoms with Crippen LogP contribution in [0.3, 0.4) is 0 Å². The number of rotatable bonds is 8. The molecule has 0 radical (unpaired) electrons. The number of anilines is 1. The summed E-state index contributed by atoms with van der Waals surface area (Å²) in [6, 6.07) is 6.03. The molecule has 184 valence electrons. The van der Waals surface area contributed by atoms with E-state index >= 15 is 0 Å². The Morgan fingerprint density at radius 3 is 2.31 bits per heavy atom. The number of hydrogen-bond acceptors (Lipinski definition) is 6. The SMILES string of the molecule is CCC(c1ccc(NC(=O)c2c(Cl)cncc2Cl)cc1)[C@H](NC1=CC(=O)C12CCOCC2)C(=O)O. The van der Waals surface area contributed by atoms with Gasteiger partial charge >= 0.3 is 5.97 Å². The lowest BCUT2D eigenvalue weighted by atomic mass is 9.65. The van der Waals surface area contributed by atoms with Crippen molar-refractivity contribution in [1.82, 2.24) is 10.3 Å². The predicted octanol–water partition coefficient (Wildman–Crippen LogP) is 4.44. The summed E-state index contributed by atoms with van der Waals surface area (Å²) in [5, 5.41) is 16.2. The molecule has 8 nitrogen and oxygen atoms in total. The van der Waals surface area contributed by atoms with E-state index in [9.17, 15) is 19.5 Å². The molecule has 10 heteroatoms. The van der Waals surface area contributed by atoms with Crippen molar-refractivity contribution in [2.24, 2.45) is 5.41 Å². The number of hydrogen-bond donors (Lipinski definition) is 3. The molecule has 1 aliphatic heterocycles. The molecule has 2 heterocycles. The van der Waals surface area contributed by atoms with Crippen LogP contribution in [0, 0.1) is 5.41 Å². The minimum Gasteiger partial charge on any atom is -0.480 e. The Bertz CT molecular complexity index is 1160. The molecule has 1 fully saturated rings. The van der Waals surface area contributed by atoms with Gasteiger partial charge < -0.3 is 20.5 Å². The van der Waals surface area contributed by atoms with Gasteiger partial charge in [0.1, 0.15) is 6.04 Å². The van der Waals surface area contributed by atoms with Crippen LogP contribution >= 0.6 is 23.2 Å². The number of ether oxygens (including phenoxy) is 1. The van der Waals surface area contributed by atoms with Crippen LogP contribution in [0.2, 0.25) is 10.0 Å². The number of ketones is 1. The summed E-state index contributed by atoms with van der Waals surface area (Å²) in [4.78, 5) is 41.1. The molecule has 35 heavy (non-hydrogen) atoms. The maximum absolute atomic E-state index is 12.6. The summed E-state index contributed by atoms with van der Waals surface area (Å²) in [5.74, 6) is -1.82. The Morgan fingerprint density at radius 2 is 1.77 bits per heavy atom. The molecule has 1 aromatic heterocycles. The standard InChI is InChI=1S/C25H25Cl2N3O5/c1-2-16(22(24(33)34)30-19-11-20(31)25(19)7-9-35-10-8-25)14-3-5-15(6-4-14)29-23(32)21-17(26)12-28-13-18(21)27/h3-6,11-13,16,22,30H,2,7-10H2,1H3,(H,29,32)(H,33,34)/t16?,22-/m0/s1. The van der Waals surface area contributed by atoms with Crippen molar-refractivity contribution in [2.45, 2.75) is 38.1 Å². The van der Waals surface area contributed by atoms with Crippen LogP contribution in [0.5, 0.6) is 0 Å². The minimum absolute atomic E-state index is 0.0231. The zero-order valence-electron chi connectivity index (χ0n) is 19.0. The Morgan fingerprint density at radius 1 is 1.14 bits per heavy atom. The van der Waals surface area contributed by atoms with Gasteiger partial charge in [-0.15, -0.1) is 0 Å². The number of nitrogens with one attached hydrogen (secondary N) is 2. The van der Waals surface area contributed by atoms with Crippen LogP contribution < -0.4 is 10.6 Å². The second kappa shape index (κ2) is 10.4. The number of nitrogens with zero attached hydrogens (tertiary/aromatic N) is 1. The first-order chi connectivity index (χ1) is 16.8. The van der Waals surface area contributed by atoms with Gasteiger partial charge in [-0.3, -0.25) is 14.6 Å². The summed E-state index contributed by atoms with van der Waals surface area (Å²) in [5.41, 5.74) is 1.43. The fraction of sp³-hybridized carbons (Fsp3) is 0.360. The van der Waals surface area contributed by atoms with Gasteiger partial charge in [-0.2, -0.15) is 0 Å². The number of amides is 1. The van der Waals surface area contributed by atoms with Crippen LogP contribution in [0.25, 0.3) is 0 Å². The topological polar surface area (TPSA) is 118 Å². The maximum atomic E-state index is 12.6. The zero-order valence-corrected chi connectivity index (χ0v) is 20.5. The Balaban J connectivity index is 1.50. The third-order valence-electron chi connectivity index (χ3n) is 6.71. The van der Waals surface area contributed by atoms with Gasteiger partial charge in [0.15, 0.2) is 5.78 Å². The lowest BCUT2D eigenvalue weighted by molar-refractivity contribution is -0.141. The summed E-state index contributed by atoms with van der Waals surface area (Å²) in [6.45, 7) is 2.86. The average Bonchev–Trinajstić information content (AvgIpc) is 2.84. The number of aliphatic carboxylic acids is 1. The van der Waals surface area contributed by atoms with Crippen molar-refractivity contribution < 1.29 is 24.2 Å². The smallest absolute Gasteiger partial charge is 0.326 e. The van der Waals surface area contributed by atoms with Crippen molar-refractivity contribution in [3.8, 4) is 0 Å². The molecule has 2 aliphatic rings. The van der Waals surface area contributed by atoms with Crippen molar-refractivity contribution >= 4 is 46.5 Å². The number of pyridine rings is 1. The third kappa shape index (κ3) is 4.91. The number of benzene rings is 1. The number of allylic oxidation sites excluding steroid dienone is 2. The van der Waals surface area contributed by atoms with Crippen molar-refractivity contribution in [3.05, 3.63) is 69.6 Å². The molecular weight excluding hydrogens is 493 g/mol. The number of aromatic nitrogens is 1. The summed E-state index contributed by atoms with van der Waals surface area (Å²) in [7, 11) is 0. The molecule has 1 saturated heterocycles. The fourth-order valence-corrected chi connectivity index (χ4v) is 5.22. The highest BCUT2D eigenvalue weighted by Crippen LogP contribution is 2.45. The van der Waals surface area contributed by atoms with Gasteiger partial charge in [-0.25, -0.2) is 4.79 Å². The average molecular weight is 518 g/mol. The summed E-state index contributed by atoms with van der Waals surface area (Å²) in [6.07, 6.45) is 5.83. The number of halogens is 2. The molecule has 1 aromatic carbocycles. The van der Waals surface area contributed by atoms with E-state index in [1.807, 2.05) is 6.92 Å². The molecule has 2 aromatic rings. The lowest BCUT2D eigenvalue weighted by Gasteiger charge is -2.44. The van der Waals surface area contributed by atoms with Crippen LogP contribution in [0.4, 0.5) is 5.69 Å². The summed E-state index contributed by atoms with van der Waals surface area (Å²) < 4.78 is 5.40. The van der Waals surface area contributed by atoms with Gasteiger partial charge in [-0.1, -0.05) is 42.3 Å². The van der Waals surface area contributed by atoms with E-state index in [0.717, 1.165) is 5.56 Å². The number of carboxylic acids is 1. The molecule has 1 spiro atoms. The Labute approximate surface area is 212 Å². The molecule has 1 aliphatic carbocycles. The van der Waals surface area contributed by atoms with Gasteiger partial charge in [0.05, 0.1) is 21.0 Å². The second-order valence-electron chi connectivity index (χ2n) is 8.65. The highest BCUT2D eigenvalue weighted by atomic mass is 35.5. The van der Waals surface area contributed by atoms with Gasteiger partial charge in [-0.05, 0) is 37.0 Å². The first-order valence-electron chi connectivity index (χ1n) is 11.3. The Hall–Kier alpha value is -2.94. The van der Waals surface area contributed by atoms with E-state index in [0.29, 0.717) is 43.9 Å². The van der Waals surface area contributed by atoms with E-state index < -0.39 is 23.3 Å². The molecule has 3 N–H and O–H groups in total. The highest BCUT2D eigenvalue weighted by molar-refractivity contribution is 6.40. The second-order valence-corrected chi connectivity index (χ2v) is 9.46. The van der Waals surface area contributed by atoms with E-state index in [1.165, 1.54) is 18.5 Å². The molecule has 1 unspecified atom stereocenters. The third-order valence-corrected chi connectivity index (χ3v) is 7.28. The van der Waals surface area contributed by atoms with Gasteiger partial charge in [0, 0.05) is 49.0 Å². The fourth-order valence-electron chi connectivity index (χ4n) is 4.68. The predicted molar refractivity (Wildman–Crippen MR) is 132 cm³/mol. The van der Waals surface area contributed by atoms with Crippen molar-refractivity contribution in [3.63, 3.8) is 0 Å². The molecule has 4 rings (SSSR count). The van der Waals surface area contributed by atoms with Crippen LogP contribution in [-0.2, 0) is 14.3 Å². The summed E-state index contributed by atoms with van der Waals surface area (Å²) >= 11 is 12.1. The minimum atomic E-state index is -1.00. The lowest BCUT2D eigenvalue weighted by Crippen LogP contribution is -2.53. The number of carbonyl (C=O) groups excluding carboxylic acids is 2. The Kier molecular flexibility index (Phi) is 7.44. The van der Waals surface area contributed by atoms with Crippen molar-refractivity contribution in [1.29, 1.82) is 0 Å². The highest BCUT2D eigenvalue weighted by Gasteiger charge is 2.50. The number of carbonyl (C=O) groups is 3. The van der Waals surface area contributed by atoms with Crippen LogP contribution in [-0.4, -0.2) is 47.0 Å². The van der Waals surface area contributed by atoms with Gasteiger partial charge in [0.25, 0.3) is 5.91 Å². The first-order valence-corrected chi connectivity index (χ1v) is 12.1. The molecular formula is C25H25Cl2N3O5. The van der Waals surface area contributed by atoms with E-state index in [1.54, 1.807) is 24.3 Å². The molecule has 2 atom stereocenters. The molecule has 1 amide bonds. The molecule has 0 bridgehead atoms. The normalized spacial score (nSPS) is 18.3. The molecule has 0 saturated carbocycles. The maximum Gasteiger partial charge on any atom is 0.326 e. The van der Waals surface area contributed by atoms with Crippen LogP contribution in [0.1, 0.15) is 48.0 Å². The number of carboxylic acid groups (broad SMARTS) is 1. The zero-order chi connectivity index (χ0) is 25.2. The van der Waals surface area contributed by atoms with E-state index in [2.05, 4.69) is 15.6 Å². The van der Waals surface area contributed by atoms with E-state index in [4.69, 9.17) is 27.9 Å². The van der Waals surface area contributed by atoms with Crippen molar-refractivity contribution in [2.75, 3.05) is 18.5 Å². The van der Waals surface area contributed by atoms with Crippen LogP contribution in [0.15, 0.2) is 48.4 Å².